The lowest BCUT2D eigenvalue weighted by atomic mass is 10.0. The molecule has 0 spiro atoms. The first-order valence-electron chi connectivity index (χ1n) is 9.91. The van der Waals surface area contributed by atoms with Crippen LogP contribution >= 0.6 is 11.3 Å². The Morgan fingerprint density at radius 1 is 1.21 bits per heavy atom. The molecular formula is C22H19F3N6OS. The summed E-state index contributed by atoms with van der Waals surface area (Å²) in [7, 11) is 1.65. The molecular weight excluding hydrogens is 453 g/mol. The summed E-state index contributed by atoms with van der Waals surface area (Å²) in [6.07, 6.45) is -1.66. The second kappa shape index (κ2) is 9.10. The number of tetrazole rings is 1. The Kier molecular flexibility index (Phi) is 6.23. The number of amides is 1. The normalized spacial score (nSPS) is 12.0. The minimum absolute atomic E-state index is 0.0137. The number of rotatable bonds is 6. The van der Waals surface area contributed by atoms with Crippen molar-refractivity contribution in [3.63, 3.8) is 0 Å². The van der Waals surface area contributed by atoms with E-state index in [1.807, 2.05) is 24.3 Å². The van der Waals surface area contributed by atoms with Crippen molar-refractivity contribution in [1.29, 1.82) is 0 Å². The van der Waals surface area contributed by atoms with Crippen molar-refractivity contribution in [2.75, 3.05) is 7.05 Å². The van der Waals surface area contributed by atoms with Crippen molar-refractivity contribution < 1.29 is 18.0 Å². The Balaban J connectivity index is 1.53. The van der Waals surface area contributed by atoms with Gasteiger partial charge in [-0.3, -0.25) is 4.79 Å². The highest BCUT2D eigenvalue weighted by Gasteiger charge is 2.31. The van der Waals surface area contributed by atoms with Gasteiger partial charge in [0.15, 0.2) is 5.82 Å². The summed E-state index contributed by atoms with van der Waals surface area (Å²) in [5.41, 5.74) is 0.866. The van der Waals surface area contributed by atoms with E-state index in [9.17, 15) is 18.0 Å². The van der Waals surface area contributed by atoms with Crippen LogP contribution in [0.4, 0.5) is 13.2 Å². The molecule has 0 atom stereocenters. The number of halogens is 3. The fourth-order valence-electron chi connectivity index (χ4n) is 3.18. The van der Waals surface area contributed by atoms with E-state index in [0.717, 1.165) is 27.4 Å². The van der Waals surface area contributed by atoms with Gasteiger partial charge >= 0.3 is 6.18 Å². The number of carbonyl (C=O) groups is 1. The van der Waals surface area contributed by atoms with Gasteiger partial charge < -0.3 is 4.90 Å². The molecule has 0 N–H and O–H groups in total. The Hall–Kier alpha value is -3.60. The molecule has 0 radical (unpaired) electrons. The predicted octanol–water partition coefficient (Wildman–Crippen LogP) is 4.33. The number of nitrogens with zero attached hydrogens (tertiary/aromatic N) is 6. The average molecular weight is 472 g/mol. The number of carbonyl (C=O) groups excluding carboxylic acids is 1. The number of para-hydroxylation sites is 1. The van der Waals surface area contributed by atoms with Gasteiger partial charge in [0.05, 0.1) is 28.9 Å². The third-order valence-corrected chi connectivity index (χ3v) is 5.85. The van der Waals surface area contributed by atoms with E-state index in [2.05, 4.69) is 20.4 Å². The van der Waals surface area contributed by atoms with E-state index in [1.54, 1.807) is 14.0 Å². The SMILES string of the molecule is Cc1nnn(Cc2cc(C(F)(F)F)ccc2/C=C/C(=O)N(C)Cc2nc3ccccc3s2)n1. The van der Waals surface area contributed by atoms with Crippen LogP contribution in [0, 0.1) is 6.92 Å². The van der Waals surface area contributed by atoms with Crippen LogP contribution in [0.2, 0.25) is 0 Å². The number of hydrogen-bond donors (Lipinski definition) is 0. The van der Waals surface area contributed by atoms with E-state index in [0.29, 0.717) is 23.5 Å². The third kappa shape index (κ3) is 5.43. The summed E-state index contributed by atoms with van der Waals surface area (Å²) in [5.74, 6) is 0.112. The molecule has 0 aliphatic carbocycles. The monoisotopic (exact) mass is 472 g/mol. The standard InChI is InChI=1S/C22H19F3N6OS/c1-14-27-29-31(28-14)12-16-11-17(22(23,24)25)9-7-15(16)8-10-21(32)30(2)13-20-26-18-5-3-4-6-19(18)33-20/h3-11H,12-13H2,1-2H3/b10-8+. The molecule has 170 valence electrons. The van der Waals surface area contributed by atoms with Gasteiger partial charge in [-0.2, -0.15) is 18.0 Å². The smallest absolute Gasteiger partial charge is 0.335 e. The number of thiazole rings is 1. The van der Waals surface area contributed by atoms with Gasteiger partial charge in [0, 0.05) is 13.1 Å². The summed E-state index contributed by atoms with van der Waals surface area (Å²) in [6.45, 7) is 1.95. The topological polar surface area (TPSA) is 76.8 Å². The minimum Gasteiger partial charge on any atom is -0.335 e. The van der Waals surface area contributed by atoms with E-state index in [1.165, 1.54) is 39.3 Å². The maximum atomic E-state index is 13.2. The Morgan fingerprint density at radius 2 is 2.00 bits per heavy atom. The molecule has 2 aromatic carbocycles. The fourth-order valence-corrected chi connectivity index (χ4v) is 4.20. The fraction of sp³-hybridized carbons (Fsp3) is 0.227. The van der Waals surface area contributed by atoms with Crippen molar-refractivity contribution in [2.24, 2.45) is 0 Å². The number of benzene rings is 2. The lowest BCUT2D eigenvalue weighted by Gasteiger charge is -2.14. The predicted molar refractivity (Wildman–Crippen MR) is 118 cm³/mol. The van der Waals surface area contributed by atoms with Gasteiger partial charge in [-0.25, -0.2) is 4.98 Å². The number of alkyl halides is 3. The highest BCUT2D eigenvalue weighted by Crippen LogP contribution is 2.31. The molecule has 1 amide bonds. The zero-order valence-electron chi connectivity index (χ0n) is 17.7. The van der Waals surface area contributed by atoms with Gasteiger partial charge in [-0.15, -0.1) is 21.5 Å². The molecule has 2 aromatic heterocycles. The van der Waals surface area contributed by atoms with Gasteiger partial charge in [0.1, 0.15) is 5.01 Å². The summed E-state index contributed by atoms with van der Waals surface area (Å²) in [5, 5.41) is 12.4. The first-order chi connectivity index (χ1) is 15.7. The number of likely N-dealkylation sites (N-methyl/N-ethyl adjacent to an activating group) is 1. The summed E-state index contributed by atoms with van der Waals surface area (Å²) >= 11 is 1.51. The van der Waals surface area contributed by atoms with Gasteiger partial charge in [-0.05, 0) is 53.6 Å². The summed E-state index contributed by atoms with van der Waals surface area (Å²) < 4.78 is 40.7. The summed E-state index contributed by atoms with van der Waals surface area (Å²) in [4.78, 5) is 19.9. The number of aromatic nitrogens is 5. The van der Waals surface area contributed by atoms with E-state index < -0.39 is 11.7 Å². The quantitative estimate of drug-likeness (QED) is 0.391. The molecule has 4 rings (SSSR count). The first-order valence-corrected chi connectivity index (χ1v) is 10.7. The lowest BCUT2D eigenvalue weighted by molar-refractivity contribution is -0.137. The molecule has 4 aromatic rings. The molecule has 33 heavy (non-hydrogen) atoms. The Morgan fingerprint density at radius 3 is 2.70 bits per heavy atom. The van der Waals surface area contributed by atoms with Crippen molar-refractivity contribution >= 4 is 33.5 Å². The van der Waals surface area contributed by atoms with E-state index >= 15 is 0 Å². The van der Waals surface area contributed by atoms with E-state index in [-0.39, 0.29) is 12.5 Å². The number of aryl methyl sites for hydroxylation is 1. The Bertz CT molecular complexity index is 1290. The average Bonchev–Trinajstić information content (AvgIpc) is 3.36. The molecule has 0 unspecified atom stereocenters. The highest BCUT2D eigenvalue weighted by molar-refractivity contribution is 7.18. The molecule has 0 fully saturated rings. The minimum atomic E-state index is -4.49. The number of hydrogen-bond acceptors (Lipinski definition) is 6. The molecule has 7 nitrogen and oxygen atoms in total. The maximum Gasteiger partial charge on any atom is 0.416 e. The van der Waals surface area contributed by atoms with Crippen LogP contribution in [-0.4, -0.2) is 43.0 Å². The number of fused-ring (bicyclic) bond motifs is 1. The third-order valence-electron chi connectivity index (χ3n) is 4.83. The van der Waals surface area contributed by atoms with Crippen molar-refractivity contribution in [1.82, 2.24) is 30.1 Å². The molecule has 11 heteroatoms. The second-order valence-corrected chi connectivity index (χ2v) is 8.50. The molecule has 0 bridgehead atoms. The van der Waals surface area contributed by atoms with Gasteiger partial charge in [0.25, 0.3) is 0 Å². The molecule has 0 saturated heterocycles. The van der Waals surface area contributed by atoms with E-state index in [4.69, 9.17) is 0 Å². The van der Waals surface area contributed by atoms with Crippen LogP contribution in [0.3, 0.4) is 0 Å². The summed E-state index contributed by atoms with van der Waals surface area (Å²) in [6, 6.07) is 11.1. The largest absolute Gasteiger partial charge is 0.416 e. The van der Waals surface area contributed by atoms with Crippen LogP contribution < -0.4 is 0 Å². The molecule has 2 heterocycles. The van der Waals surface area contributed by atoms with Crippen molar-refractivity contribution in [3.8, 4) is 0 Å². The van der Waals surface area contributed by atoms with Crippen LogP contribution in [0.25, 0.3) is 16.3 Å². The van der Waals surface area contributed by atoms with Crippen LogP contribution in [0.15, 0.2) is 48.5 Å². The molecule has 0 aliphatic heterocycles. The second-order valence-electron chi connectivity index (χ2n) is 7.38. The molecule has 0 aliphatic rings. The van der Waals surface area contributed by atoms with Crippen molar-refractivity contribution in [2.45, 2.75) is 26.2 Å². The van der Waals surface area contributed by atoms with Crippen LogP contribution in [0.5, 0.6) is 0 Å². The highest BCUT2D eigenvalue weighted by atomic mass is 32.1. The van der Waals surface area contributed by atoms with Crippen molar-refractivity contribution in [3.05, 3.63) is 76.1 Å². The first kappa shape index (κ1) is 22.6. The van der Waals surface area contributed by atoms with Crippen LogP contribution in [-0.2, 0) is 24.1 Å². The Labute approximate surface area is 191 Å². The maximum absolute atomic E-state index is 13.2. The lowest BCUT2D eigenvalue weighted by Crippen LogP contribution is -2.24. The van der Waals surface area contributed by atoms with Gasteiger partial charge in [0.2, 0.25) is 5.91 Å². The zero-order chi connectivity index (χ0) is 23.6. The zero-order valence-corrected chi connectivity index (χ0v) is 18.6. The molecule has 0 saturated carbocycles. The van der Waals surface area contributed by atoms with Crippen LogP contribution in [0.1, 0.15) is 27.5 Å². The van der Waals surface area contributed by atoms with Gasteiger partial charge in [-0.1, -0.05) is 18.2 Å².